The predicted molar refractivity (Wildman–Crippen MR) is 160 cm³/mol. The molecule has 1 fully saturated rings. The smallest absolute Gasteiger partial charge is 0.119 e. The lowest BCUT2D eigenvalue weighted by Crippen LogP contribution is -2.46. The van der Waals surface area contributed by atoms with E-state index in [1.165, 1.54) is 128 Å². The Hall–Kier alpha value is -1.48. The van der Waals surface area contributed by atoms with Crippen LogP contribution in [-0.2, 0) is 0 Å². The Bertz CT molecular complexity index is 621. The monoisotopic (exact) mass is 498 g/mol. The van der Waals surface area contributed by atoms with Crippen molar-refractivity contribution in [1.82, 2.24) is 4.90 Å². The van der Waals surface area contributed by atoms with E-state index < -0.39 is 0 Å². The van der Waals surface area contributed by atoms with Crippen molar-refractivity contribution in [3.05, 3.63) is 36.9 Å². The summed E-state index contributed by atoms with van der Waals surface area (Å²) in [5, 5.41) is 0. The van der Waals surface area contributed by atoms with E-state index in [1.54, 1.807) is 0 Å². The van der Waals surface area contributed by atoms with Crippen LogP contribution in [0.1, 0.15) is 122 Å². The summed E-state index contributed by atoms with van der Waals surface area (Å²) in [4.78, 5) is 5.20. The summed E-state index contributed by atoms with van der Waals surface area (Å²) in [5.74, 6) is 1.01. The quantitative estimate of drug-likeness (QED) is 0.110. The maximum Gasteiger partial charge on any atom is 0.119 e. The van der Waals surface area contributed by atoms with Crippen molar-refractivity contribution in [2.24, 2.45) is 0 Å². The third kappa shape index (κ3) is 14.9. The number of allylic oxidation sites excluding steroid dienone is 1. The summed E-state index contributed by atoms with van der Waals surface area (Å²) >= 11 is 0. The lowest BCUT2D eigenvalue weighted by molar-refractivity contribution is 0.252. The molecular weight excluding hydrogens is 440 g/mol. The zero-order valence-corrected chi connectivity index (χ0v) is 23.9. The Balaban J connectivity index is 1.44. The normalized spacial score (nSPS) is 14.3. The minimum atomic E-state index is 0.837. The van der Waals surface area contributed by atoms with Gasteiger partial charge in [-0.15, -0.1) is 6.58 Å². The van der Waals surface area contributed by atoms with Gasteiger partial charge in [-0.3, -0.25) is 4.90 Å². The van der Waals surface area contributed by atoms with Crippen LogP contribution in [0.3, 0.4) is 0 Å². The van der Waals surface area contributed by atoms with Crippen LogP contribution in [0, 0.1) is 0 Å². The molecule has 1 aliphatic heterocycles. The van der Waals surface area contributed by atoms with E-state index >= 15 is 0 Å². The highest BCUT2D eigenvalue weighted by molar-refractivity contribution is 5.49. The largest absolute Gasteiger partial charge is 0.494 e. The molecule has 0 unspecified atom stereocenters. The number of ether oxygens (including phenoxy) is 1. The van der Waals surface area contributed by atoms with Gasteiger partial charge in [-0.25, -0.2) is 0 Å². The van der Waals surface area contributed by atoms with Gasteiger partial charge < -0.3 is 9.64 Å². The number of rotatable bonds is 23. The van der Waals surface area contributed by atoms with Gasteiger partial charge in [0.1, 0.15) is 5.75 Å². The molecule has 0 amide bonds. The zero-order valence-electron chi connectivity index (χ0n) is 23.9. The molecule has 206 valence electrons. The molecular formula is C33H58N2O. The van der Waals surface area contributed by atoms with E-state index in [1.807, 2.05) is 6.08 Å². The van der Waals surface area contributed by atoms with Gasteiger partial charge in [0.15, 0.2) is 0 Å². The second-order valence-electron chi connectivity index (χ2n) is 10.9. The van der Waals surface area contributed by atoms with Gasteiger partial charge >= 0.3 is 0 Å². The van der Waals surface area contributed by atoms with Gasteiger partial charge in [0, 0.05) is 31.9 Å². The first-order valence-electron chi connectivity index (χ1n) is 15.6. The highest BCUT2D eigenvalue weighted by Gasteiger charge is 2.16. The Morgan fingerprint density at radius 3 is 1.78 bits per heavy atom. The van der Waals surface area contributed by atoms with Gasteiger partial charge in [-0.1, -0.05) is 103 Å². The molecule has 1 aromatic carbocycles. The minimum absolute atomic E-state index is 0.837. The molecule has 0 N–H and O–H groups in total. The summed E-state index contributed by atoms with van der Waals surface area (Å²) in [6.45, 7) is 12.9. The molecule has 0 spiro atoms. The Morgan fingerprint density at radius 2 is 1.19 bits per heavy atom. The molecule has 0 aliphatic carbocycles. The van der Waals surface area contributed by atoms with Crippen LogP contribution in [0.4, 0.5) is 5.69 Å². The van der Waals surface area contributed by atoms with E-state index in [-0.39, 0.29) is 0 Å². The van der Waals surface area contributed by atoms with Crippen LogP contribution in [0.15, 0.2) is 36.9 Å². The van der Waals surface area contributed by atoms with Crippen molar-refractivity contribution in [1.29, 1.82) is 0 Å². The number of benzene rings is 1. The summed E-state index contributed by atoms with van der Waals surface area (Å²) in [6, 6.07) is 8.80. The van der Waals surface area contributed by atoms with Crippen LogP contribution in [0.5, 0.6) is 5.75 Å². The highest BCUT2D eigenvalue weighted by atomic mass is 16.5. The van der Waals surface area contributed by atoms with E-state index in [0.717, 1.165) is 38.3 Å². The fourth-order valence-electron chi connectivity index (χ4n) is 5.27. The SMILES string of the molecule is C=CCCCCCCCCOc1ccc(N2CCN(CCCCCCCCCCCCC)CC2)cc1. The van der Waals surface area contributed by atoms with Crippen molar-refractivity contribution in [3.8, 4) is 5.75 Å². The van der Waals surface area contributed by atoms with Crippen molar-refractivity contribution in [3.63, 3.8) is 0 Å². The van der Waals surface area contributed by atoms with Crippen LogP contribution >= 0.6 is 0 Å². The second kappa shape index (κ2) is 21.6. The predicted octanol–water partition coefficient (Wildman–Crippen LogP) is 9.42. The standard InChI is InChI=1S/C33H58N2O/c1-3-5-7-9-11-13-14-15-16-18-20-26-34-27-29-35(30-28-34)32-22-24-33(25-23-32)36-31-21-19-17-12-10-8-6-4-2/h4,22-25H,2-3,5-21,26-31H2,1H3. The summed E-state index contributed by atoms with van der Waals surface area (Å²) in [7, 11) is 0. The molecule has 36 heavy (non-hydrogen) atoms. The molecule has 0 radical (unpaired) electrons. The zero-order chi connectivity index (χ0) is 25.5. The molecule has 1 heterocycles. The first kappa shape index (κ1) is 30.7. The first-order valence-corrected chi connectivity index (χ1v) is 15.6. The lowest BCUT2D eigenvalue weighted by atomic mass is 10.1. The number of anilines is 1. The van der Waals surface area contributed by atoms with Gasteiger partial charge in [-0.2, -0.15) is 0 Å². The van der Waals surface area contributed by atoms with Crippen LogP contribution < -0.4 is 9.64 Å². The van der Waals surface area contributed by atoms with E-state index in [0.29, 0.717) is 0 Å². The van der Waals surface area contributed by atoms with Crippen molar-refractivity contribution in [2.45, 2.75) is 122 Å². The first-order chi connectivity index (χ1) is 17.8. The molecule has 3 nitrogen and oxygen atoms in total. The van der Waals surface area contributed by atoms with Crippen LogP contribution in [0.2, 0.25) is 0 Å². The Morgan fingerprint density at radius 1 is 0.667 bits per heavy atom. The molecule has 1 aliphatic rings. The molecule has 1 saturated heterocycles. The third-order valence-electron chi connectivity index (χ3n) is 7.72. The number of unbranched alkanes of at least 4 members (excludes halogenated alkanes) is 16. The van der Waals surface area contributed by atoms with Gasteiger partial charge in [-0.05, 0) is 56.5 Å². The van der Waals surface area contributed by atoms with Crippen molar-refractivity contribution >= 4 is 5.69 Å². The molecule has 0 saturated carbocycles. The van der Waals surface area contributed by atoms with Gasteiger partial charge in [0.2, 0.25) is 0 Å². The van der Waals surface area contributed by atoms with Gasteiger partial charge in [0.05, 0.1) is 6.61 Å². The molecule has 0 aromatic heterocycles. The lowest BCUT2D eigenvalue weighted by Gasteiger charge is -2.36. The average Bonchev–Trinajstić information content (AvgIpc) is 2.91. The summed E-state index contributed by atoms with van der Waals surface area (Å²) in [6.07, 6.45) is 26.6. The topological polar surface area (TPSA) is 15.7 Å². The van der Waals surface area contributed by atoms with Crippen LogP contribution in [-0.4, -0.2) is 44.2 Å². The minimum Gasteiger partial charge on any atom is -0.494 e. The fraction of sp³-hybridized carbons (Fsp3) is 0.758. The fourth-order valence-corrected chi connectivity index (χ4v) is 5.27. The van der Waals surface area contributed by atoms with E-state index in [4.69, 9.17) is 4.74 Å². The maximum absolute atomic E-state index is 5.98. The third-order valence-corrected chi connectivity index (χ3v) is 7.72. The molecule has 1 aromatic rings. The van der Waals surface area contributed by atoms with Crippen molar-refractivity contribution in [2.75, 3.05) is 44.2 Å². The summed E-state index contributed by atoms with van der Waals surface area (Å²) < 4.78 is 5.98. The maximum atomic E-state index is 5.98. The number of hydrogen-bond donors (Lipinski definition) is 0. The number of piperazine rings is 1. The molecule has 0 bridgehead atoms. The number of hydrogen-bond acceptors (Lipinski definition) is 3. The number of nitrogens with zero attached hydrogens (tertiary/aromatic N) is 2. The molecule has 2 rings (SSSR count). The Labute approximate surface area is 224 Å². The highest BCUT2D eigenvalue weighted by Crippen LogP contribution is 2.21. The molecule has 3 heteroatoms. The average molecular weight is 499 g/mol. The van der Waals surface area contributed by atoms with Crippen LogP contribution in [0.25, 0.3) is 0 Å². The van der Waals surface area contributed by atoms with E-state index in [9.17, 15) is 0 Å². The Kier molecular flexibility index (Phi) is 18.4. The molecule has 0 atom stereocenters. The summed E-state index contributed by atoms with van der Waals surface area (Å²) in [5.41, 5.74) is 1.34. The van der Waals surface area contributed by atoms with E-state index in [2.05, 4.69) is 47.6 Å². The van der Waals surface area contributed by atoms with Gasteiger partial charge in [0.25, 0.3) is 0 Å². The van der Waals surface area contributed by atoms with Crippen molar-refractivity contribution < 1.29 is 4.74 Å². The second-order valence-corrected chi connectivity index (χ2v) is 10.9.